The Bertz CT molecular complexity index is 859. The Balaban J connectivity index is 1.48. The van der Waals surface area contributed by atoms with Crippen LogP contribution >= 0.6 is 0 Å². The number of aliphatic carboxylic acids is 1. The molecule has 1 saturated carbocycles. The lowest BCUT2D eigenvalue weighted by Crippen LogP contribution is -2.53. The summed E-state index contributed by atoms with van der Waals surface area (Å²) >= 11 is 0. The first-order valence-electron chi connectivity index (χ1n) is 10.3. The third-order valence-corrected chi connectivity index (χ3v) is 6.09. The minimum atomic E-state index is -1.10. The van der Waals surface area contributed by atoms with Crippen molar-refractivity contribution in [1.29, 1.82) is 0 Å². The molecular formula is C22H27N3O4. The number of benzene rings is 1. The molecule has 1 aromatic heterocycles. The summed E-state index contributed by atoms with van der Waals surface area (Å²) in [5.74, 6) is -0.700. The van der Waals surface area contributed by atoms with Crippen molar-refractivity contribution >= 4 is 11.7 Å². The van der Waals surface area contributed by atoms with Crippen LogP contribution in [0.2, 0.25) is 0 Å². The topological polar surface area (TPSA) is 95.8 Å². The van der Waals surface area contributed by atoms with Gasteiger partial charge in [0.1, 0.15) is 5.75 Å². The normalized spacial score (nSPS) is 19.8. The van der Waals surface area contributed by atoms with E-state index in [1.807, 2.05) is 12.1 Å². The van der Waals surface area contributed by atoms with E-state index in [0.717, 1.165) is 31.4 Å². The lowest BCUT2D eigenvalue weighted by atomic mass is 9.89. The maximum atomic E-state index is 12.1. The van der Waals surface area contributed by atoms with Crippen LogP contribution in [0.15, 0.2) is 36.5 Å². The Morgan fingerprint density at radius 3 is 2.55 bits per heavy atom. The largest absolute Gasteiger partial charge is 0.507 e. The Morgan fingerprint density at radius 2 is 1.86 bits per heavy atom. The van der Waals surface area contributed by atoms with Crippen molar-refractivity contribution in [3.63, 3.8) is 0 Å². The summed E-state index contributed by atoms with van der Waals surface area (Å²) in [6.07, 6.45) is 7.96. The van der Waals surface area contributed by atoms with E-state index >= 15 is 0 Å². The van der Waals surface area contributed by atoms with Gasteiger partial charge in [-0.15, -0.1) is 0 Å². The van der Waals surface area contributed by atoms with E-state index in [1.54, 1.807) is 24.4 Å². The second-order valence-corrected chi connectivity index (χ2v) is 7.98. The maximum absolute atomic E-state index is 12.1. The number of aromatic hydroxyl groups is 1. The predicted molar refractivity (Wildman–Crippen MR) is 109 cm³/mol. The van der Waals surface area contributed by atoms with Crippen LogP contribution in [-0.2, 0) is 9.53 Å². The third kappa shape index (κ3) is 4.19. The highest BCUT2D eigenvalue weighted by Gasteiger charge is 2.44. The summed E-state index contributed by atoms with van der Waals surface area (Å²) in [7, 11) is 0. The van der Waals surface area contributed by atoms with Gasteiger partial charge in [-0.25, -0.2) is 4.79 Å². The summed E-state index contributed by atoms with van der Waals surface area (Å²) in [6.45, 7) is 1.15. The highest BCUT2D eigenvalue weighted by atomic mass is 16.5. The zero-order chi connectivity index (χ0) is 20.3. The highest BCUT2D eigenvalue weighted by Crippen LogP contribution is 2.35. The van der Waals surface area contributed by atoms with E-state index in [1.165, 1.54) is 6.42 Å². The van der Waals surface area contributed by atoms with Gasteiger partial charge in [0, 0.05) is 31.5 Å². The molecule has 1 saturated heterocycles. The zero-order valence-electron chi connectivity index (χ0n) is 16.5. The van der Waals surface area contributed by atoms with E-state index in [2.05, 4.69) is 15.1 Å². The molecule has 4 rings (SSSR count). The minimum Gasteiger partial charge on any atom is -0.507 e. The van der Waals surface area contributed by atoms with Gasteiger partial charge in [-0.05, 0) is 31.0 Å². The molecule has 0 amide bonds. The van der Waals surface area contributed by atoms with E-state index in [0.29, 0.717) is 37.2 Å². The summed E-state index contributed by atoms with van der Waals surface area (Å²) in [5, 5.41) is 28.2. The van der Waals surface area contributed by atoms with E-state index < -0.39 is 11.6 Å². The van der Waals surface area contributed by atoms with Crippen molar-refractivity contribution in [2.24, 2.45) is 0 Å². The monoisotopic (exact) mass is 397 g/mol. The number of rotatable bonds is 5. The quantitative estimate of drug-likeness (QED) is 0.795. The lowest BCUT2D eigenvalue weighted by Gasteiger charge is -2.42. The van der Waals surface area contributed by atoms with Crippen LogP contribution in [-0.4, -0.2) is 51.2 Å². The molecule has 2 heterocycles. The Hall–Kier alpha value is -2.67. The number of carbonyl (C=O) groups is 1. The number of carboxylic acid groups (broad SMARTS) is 1. The smallest absolute Gasteiger partial charge is 0.336 e. The van der Waals surface area contributed by atoms with Gasteiger partial charge < -0.3 is 19.8 Å². The third-order valence-electron chi connectivity index (χ3n) is 6.09. The number of phenolic OH excluding ortho intramolecular Hbond substituents is 1. The molecule has 0 radical (unpaired) electrons. The SMILES string of the molecule is O=C(O)C1(OC2CCCCC2)CCN(c2cnnc(-c3ccccc3O)c2)CC1. The standard InChI is InChI=1S/C22H27N3O4/c26-20-9-5-4-8-18(20)19-14-16(15-23-24-19)25-12-10-22(11-13-25,21(27)28)29-17-6-2-1-3-7-17/h4-5,8-9,14-15,17,26H,1-3,6-7,10-13H2,(H,27,28). The number of ether oxygens (including phenoxy) is 1. The Kier molecular flexibility index (Phi) is 5.67. The number of para-hydroxylation sites is 1. The van der Waals surface area contributed by atoms with Gasteiger partial charge in [-0.2, -0.15) is 10.2 Å². The van der Waals surface area contributed by atoms with Gasteiger partial charge in [-0.1, -0.05) is 31.4 Å². The van der Waals surface area contributed by atoms with Gasteiger partial charge in [0.05, 0.1) is 23.7 Å². The predicted octanol–water partition coefficient (Wildman–Crippen LogP) is 3.62. The van der Waals surface area contributed by atoms with Gasteiger partial charge in [0.25, 0.3) is 0 Å². The molecule has 2 aliphatic rings. The van der Waals surface area contributed by atoms with E-state index in [4.69, 9.17) is 4.74 Å². The molecule has 1 aromatic carbocycles. The van der Waals surface area contributed by atoms with Gasteiger partial charge >= 0.3 is 5.97 Å². The van der Waals surface area contributed by atoms with Gasteiger partial charge in [0.15, 0.2) is 5.60 Å². The van der Waals surface area contributed by atoms with Crippen LogP contribution in [0.1, 0.15) is 44.9 Å². The van der Waals surface area contributed by atoms with Crippen molar-refractivity contribution in [3.8, 4) is 17.0 Å². The molecular weight excluding hydrogens is 370 g/mol. The fraction of sp³-hybridized carbons (Fsp3) is 0.500. The first-order valence-corrected chi connectivity index (χ1v) is 10.3. The van der Waals surface area contributed by atoms with Crippen LogP contribution in [0.5, 0.6) is 5.75 Å². The van der Waals surface area contributed by atoms with Crippen LogP contribution in [0, 0.1) is 0 Å². The van der Waals surface area contributed by atoms with Crippen LogP contribution < -0.4 is 4.90 Å². The van der Waals surface area contributed by atoms with Gasteiger partial charge in [-0.3, -0.25) is 0 Å². The average Bonchev–Trinajstić information content (AvgIpc) is 2.75. The summed E-state index contributed by atoms with van der Waals surface area (Å²) in [5.41, 5.74) is 0.989. The average molecular weight is 397 g/mol. The van der Waals surface area contributed by atoms with Crippen molar-refractivity contribution < 1.29 is 19.7 Å². The number of anilines is 1. The van der Waals surface area contributed by atoms with Crippen LogP contribution in [0.25, 0.3) is 11.3 Å². The number of nitrogens with zero attached hydrogens (tertiary/aromatic N) is 3. The maximum Gasteiger partial charge on any atom is 0.336 e. The molecule has 0 atom stereocenters. The summed E-state index contributed by atoms with van der Waals surface area (Å²) in [6, 6.07) is 8.91. The van der Waals surface area contributed by atoms with E-state index in [9.17, 15) is 15.0 Å². The molecule has 1 aliphatic carbocycles. The molecule has 0 spiro atoms. The first-order chi connectivity index (χ1) is 14.1. The molecule has 2 N–H and O–H groups in total. The molecule has 1 aliphatic heterocycles. The minimum absolute atomic E-state index is 0.0571. The second-order valence-electron chi connectivity index (χ2n) is 7.98. The van der Waals surface area contributed by atoms with Crippen LogP contribution in [0.3, 0.4) is 0 Å². The fourth-order valence-corrected chi connectivity index (χ4v) is 4.36. The second kappa shape index (κ2) is 8.37. The lowest BCUT2D eigenvalue weighted by molar-refractivity contribution is -0.180. The molecule has 7 nitrogen and oxygen atoms in total. The van der Waals surface area contributed by atoms with E-state index in [-0.39, 0.29) is 11.9 Å². The Labute approximate surface area is 170 Å². The number of aromatic nitrogens is 2. The van der Waals surface area contributed by atoms with Crippen molar-refractivity contribution in [1.82, 2.24) is 10.2 Å². The van der Waals surface area contributed by atoms with Crippen molar-refractivity contribution in [3.05, 3.63) is 36.5 Å². The van der Waals surface area contributed by atoms with Crippen LogP contribution in [0.4, 0.5) is 5.69 Å². The summed E-state index contributed by atoms with van der Waals surface area (Å²) < 4.78 is 6.19. The molecule has 2 aromatic rings. The molecule has 29 heavy (non-hydrogen) atoms. The summed E-state index contributed by atoms with van der Waals surface area (Å²) in [4.78, 5) is 14.2. The molecule has 7 heteroatoms. The van der Waals surface area contributed by atoms with Gasteiger partial charge in [0.2, 0.25) is 0 Å². The number of hydrogen-bond acceptors (Lipinski definition) is 6. The number of hydrogen-bond donors (Lipinski definition) is 2. The molecule has 0 bridgehead atoms. The number of phenols is 1. The zero-order valence-corrected chi connectivity index (χ0v) is 16.5. The first kappa shape index (κ1) is 19.6. The molecule has 0 unspecified atom stereocenters. The number of carboxylic acids is 1. The Morgan fingerprint density at radius 1 is 1.14 bits per heavy atom. The number of piperidine rings is 1. The van der Waals surface area contributed by atoms with Crippen molar-refractivity contribution in [2.75, 3.05) is 18.0 Å². The molecule has 2 fully saturated rings. The highest BCUT2D eigenvalue weighted by molar-refractivity contribution is 5.78. The molecule has 154 valence electrons. The fourth-order valence-electron chi connectivity index (χ4n) is 4.36. The van der Waals surface area contributed by atoms with Crippen molar-refractivity contribution in [2.45, 2.75) is 56.7 Å².